The lowest BCUT2D eigenvalue weighted by Gasteiger charge is -2.16. The normalized spacial score (nSPS) is 11.1. The van der Waals surface area contributed by atoms with Gasteiger partial charge in [0.25, 0.3) is 0 Å². The maximum Gasteiger partial charge on any atom is 0.162 e. The van der Waals surface area contributed by atoms with E-state index in [0.717, 1.165) is 28.6 Å². The molecule has 2 aromatic heterocycles. The van der Waals surface area contributed by atoms with Gasteiger partial charge in [-0.2, -0.15) is 5.10 Å². The highest BCUT2D eigenvalue weighted by Gasteiger charge is 2.19. The highest BCUT2D eigenvalue weighted by molar-refractivity contribution is 5.53. The maximum absolute atomic E-state index is 4.60. The molecule has 0 saturated carbocycles. The van der Waals surface area contributed by atoms with Crippen LogP contribution < -0.4 is 5.32 Å². The van der Waals surface area contributed by atoms with E-state index in [4.69, 9.17) is 0 Å². The van der Waals surface area contributed by atoms with E-state index in [9.17, 15) is 0 Å². The Hall–Kier alpha value is -1.91. The highest BCUT2D eigenvalue weighted by atomic mass is 15.3. The van der Waals surface area contributed by atoms with Gasteiger partial charge in [-0.05, 0) is 32.3 Å². The van der Waals surface area contributed by atoms with Gasteiger partial charge in [0.15, 0.2) is 5.82 Å². The largest absolute Gasteiger partial charge is 0.373 e. The lowest BCUT2D eigenvalue weighted by molar-refractivity contribution is 0.754. The average Bonchev–Trinajstić information content (AvgIpc) is 2.65. The molecule has 5 nitrogen and oxygen atoms in total. The summed E-state index contributed by atoms with van der Waals surface area (Å²) in [6.45, 7) is 10.5. The number of hydrogen-bond acceptors (Lipinski definition) is 4. The second-order valence-electron chi connectivity index (χ2n) is 5.07. The van der Waals surface area contributed by atoms with Crippen molar-refractivity contribution in [3.05, 3.63) is 28.8 Å². The van der Waals surface area contributed by atoms with Crippen LogP contribution in [0.3, 0.4) is 0 Å². The minimum absolute atomic E-state index is 0.322. The van der Waals surface area contributed by atoms with Crippen molar-refractivity contribution in [1.29, 1.82) is 0 Å². The molecule has 0 aromatic carbocycles. The quantitative estimate of drug-likeness (QED) is 0.921. The van der Waals surface area contributed by atoms with Gasteiger partial charge in [0.1, 0.15) is 12.1 Å². The van der Waals surface area contributed by atoms with Crippen molar-refractivity contribution in [2.24, 2.45) is 0 Å². The third kappa shape index (κ3) is 2.20. The molecule has 5 heteroatoms. The van der Waals surface area contributed by atoms with E-state index in [1.807, 2.05) is 18.7 Å². The lowest BCUT2D eigenvalue weighted by atomic mass is 10.0. The third-order valence-corrected chi connectivity index (χ3v) is 3.53. The van der Waals surface area contributed by atoms with Gasteiger partial charge in [-0.1, -0.05) is 13.8 Å². The first-order valence-electron chi connectivity index (χ1n) is 6.53. The van der Waals surface area contributed by atoms with E-state index < -0.39 is 0 Å². The Morgan fingerprint density at radius 2 is 1.84 bits per heavy atom. The Bertz CT molecular complexity index is 598. The Balaban J connectivity index is 2.71. The molecule has 0 bridgehead atoms. The van der Waals surface area contributed by atoms with Gasteiger partial charge < -0.3 is 5.32 Å². The van der Waals surface area contributed by atoms with Crippen molar-refractivity contribution in [2.45, 2.75) is 40.5 Å². The van der Waals surface area contributed by atoms with Gasteiger partial charge in [0, 0.05) is 18.3 Å². The van der Waals surface area contributed by atoms with Crippen molar-refractivity contribution in [3.8, 4) is 5.82 Å². The number of aromatic nitrogens is 4. The van der Waals surface area contributed by atoms with Crippen LogP contribution in [-0.2, 0) is 0 Å². The van der Waals surface area contributed by atoms with Crippen LogP contribution in [0, 0.1) is 20.8 Å². The zero-order valence-electron chi connectivity index (χ0n) is 12.4. The van der Waals surface area contributed by atoms with Crippen molar-refractivity contribution in [2.75, 3.05) is 12.4 Å². The molecule has 19 heavy (non-hydrogen) atoms. The lowest BCUT2D eigenvalue weighted by Crippen LogP contribution is -2.11. The van der Waals surface area contributed by atoms with Crippen LogP contribution in [-0.4, -0.2) is 26.8 Å². The van der Waals surface area contributed by atoms with E-state index in [1.54, 1.807) is 6.33 Å². The Labute approximate surface area is 114 Å². The maximum atomic E-state index is 4.60. The number of rotatable bonds is 3. The van der Waals surface area contributed by atoms with Crippen LogP contribution in [0.4, 0.5) is 5.82 Å². The molecule has 0 fully saturated rings. The minimum atomic E-state index is 0.322. The smallest absolute Gasteiger partial charge is 0.162 e. The first kappa shape index (κ1) is 13.5. The number of anilines is 1. The van der Waals surface area contributed by atoms with Crippen LogP contribution in [0.2, 0.25) is 0 Å². The molecule has 0 aliphatic heterocycles. The zero-order chi connectivity index (χ0) is 14.2. The number of aryl methyl sites for hydroxylation is 1. The van der Waals surface area contributed by atoms with Gasteiger partial charge >= 0.3 is 0 Å². The third-order valence-electron chi connectivity index (χ3n) is 3.53. The fourth-order valence-corrected chi connectivity index (χ4v) is 2.21. The first-order valence-corrected chi connectivity index (χ1v) is 6.53. The number of hydrogen-bond donors (Lipinski definition) is 1. The van der Waals surface area contributed by atoms with Crippen molar-refractivity contribution in [3.63, 3.8) is 0 Å². The van der Waals surface area contributed by atoms with E-state index >= 15 is 0 Å². The Kier molecular flexibility index (Phi) is 3.55. The molecule has 0 aliphatic rings. The molecule has 0 amide bonds. The Morgan fingerprint density at radius 3 is 2.32 bits per heavy atom. The predicted molar refractivity (Wildman–Crippen MR) is 77.0 cm³/mol. The summed E-state index contributed by atoms with van der Waals surface area (Å²) in [5.74, 6) is 2.05. The van der Waals surface area contributed by atoms with Crippen molar-refractivity contribution < 1.29 is 0 Å². The molecule has 0 spiro atoms. The standard InChI is InChI=1S/C14H21N5/c1-8(2)12-13(15-6)16-7-17-14(12)19-11(5)9(3)10(4)18-19/h7-8H,1-6H3,(H,15,16,17). The van der Waals surface area contributed by atoms with Crippen LogP contribution in [0.1, 0.15) is 42.3 Å². The molecule has 102 valence electrons. The van der Waals surface area contributed by atoms with E-state index in [2.05, 4.69) is 48.1 Å². The summed E-state index contributed by atoms with van der Waals surface area (Å²) < 4.78 is 1.92. The topological polar surface area (TPSA) is 55.6 Å². The SMILES string of the molecule is CNc1ncnc(-n2nc(C)c(C)c2C)c1C(C)C. The minimum Gasteiger partial charge on any atom is -0.373 e. The summed E-state index contributed by atoms with van der Waals surface area (Å²) in [6.07, 6.45) is 1.58. The summed E-state index contributed by atoms with van der Waals surface area (Å²) in [4.78, 5) is 8.74. The molecule has 0 unspecified atom stereocenters. The van der Waals surface area contributed by atoms with Crippen LogP contribution in [0.15, 0.2) is 6.33 Å². The summed E-state index contributed by atoms with van der Waals surface area (Å²) >= 11 is 0. The average molecular weight is 259 g/mol. The fraction of sp³-hybridized carbons (Fsp3) is 0.500. The van der Waals surface area contributed by atoms with E-state index in [0.29, 0.717) is 5.92 Å². The molecule has 0 atom stereocenters. The summed E-state index contributed by atoms with van der Waals surface area (Å²) in [5.41, 5.74) is 4.46. The molecule has 2 heterocycles. The molecular weight excluding hydrogens is 238 g/mol. The van der Waals surface area contributed by atoms with Crippen molar-refractivity contribution >= 4 is 5.82 Å². The molecule has 0 aliphatic carbocycles. The van der Waals surface area contributed by atoms with Gasteiger partial charge in [0.05, 0.1) is 5.69 Å². The number of nitrogens with one attached hydrogen (secondary N) is 1. The molecule has 0 saturated heterocycles. The summed E-state index contributed by atoms with van der Waals surface area (Å²) in [5, 5.41) is 7.73. The Morgan fingerprint density at radius 1 is 1.16 bits per heavy atom. The van der Waals surface area contributed by atoms with E-state index in [1.165, 1.54) is 5.56 Å². The van der Waals surface area contributed by atoms with Crippen LogP contribution in [0.5, 0.6) is 0 Å². The van der Waals surface area contributed by atoms with Gasteiger partial charge in [-0.25, -0.2) is 14.6 Å². The van der Waals surface area contributed by atoms with Crippen LogP contribution >= 0.6 is 0 Å². The summed E-state index contributed by atoms with van der Waals surface area (Å²) in [6, 6.07) is 0. The zero-order valence-corrected chi connectivity index (χ0v) is 12.4. The summed E-state index contributed by atoms with van der Waals surface area (Å²) in [7, 11) is 1.88. The van der Waals surface area contributed by atoms with E-state index in [-0.39, 0.29) is 0 Å². The molecule has 0 radical (unpaired) electrons. The molecule has 2 rings (SSSR count). The molecule has 1 N–H and O–H groups in total. The molecular formula is C14H21N5. The second kappa shape index (κ2) is 4.99. The highest BCUT2D eigenvalue weighted by Crippen LogP contribution is 2.28. The second-order valence-corrected chi connectivity index (χ2v) is 5.07. The van der Waals surface area contributed by atoms with Crippen molar-refractivity contribution in [1.82, 2.24) is 19.7 Å². The number of nitrogens with zero attached hydrogens (tertiary/aromatic N) is 4. The molecule has 2 aromatic rings. The van der Waals surface area contributed by atoms with Gasteiger partial charge in [0.2, 0.25) is 0 Å². The van der Waals surface area contributed by atoms with Gasteiger partial charge in [-0.3, -0.25) is 0 Å². The fourth-order valence-electron chi connectivity index (χ4n) is 2.21. The first-order chi connectivity index (χ1) is 8.97. The van der Waals surface area contributed by atoms with Crippen LogP contribution in [0.25, 0.3) is 5.82 Å². The predicted octanol–water partition coefficient (Wildman–Crippen LogP) is 2.75. The van der Waals surface area contributed by atoms with Gasteiger partial charge in [-0.15, -0.1) is 0 Å². The monoisotopic (exact) mass is 259 g/mol.